The van der Waals surface area contributed by atoms with Crippen LogP contribution in [0.4, 0.5) is 0 Å². The summed E-state index contributed by atoms with van der Waals surface area (Å²) in [6, 6.07) is 0. The summed E-state index contributed by atoms with van der Waals surface area (Å²) in [5.41, 5.74) is 13.4. The van der Waals surface area contributed by atoms with Gasteiger partial charge in [0.15, 0.2) is 0 Å². The largest absolute Gasteiger partial charge is 0.319 e. The van der Waals surface area contributed by atoms with Gasteiger partial charge >= 0.3 is 0 Å². The van der Waals surface area contributed by atoms with Gasteiger partial charge in [-0.1, -0.05) is 32.1 Å². The van der Waals surface area contributed by atoms with Gasteiger partial charge < -0.3 is 11.1 Å². The molecule has 128 valence electrons. The Morgan fingerprint density at radius 2 is 1.91 bits per heavy atom. The van der Waals surface area contributed by atoms with E-state index >= 15 is 0 Å². The van der Waals surface area contributed by atoms with Crippen molar-refractivity contribution in [3.8, 4) is 0 Å². The fourth-order valence-electron chi connectivity index (χ4n) is 4.02. The van der Waals surface area contributed by atoms with E-state index in [0.29, 0.717) is 12.1 Å². The highest BCUT2D eigenvalue weighted by Gasteiger charge is 2.31. The molecule has 5 nitrogen and oxygen atoms in total. The molecule has 0 amide bonds. The van der Waals surface area contributed by atoms with Gasteiger partial charge in [0.1, 0.15) is 5.50 Å². The van der Waals surface area contributed by atoms with Crippen molar-refractivity contribution in [2.24, 2.45) is 17.6 Å². The lowest BCUT2D eigenvalue weighted by Crippen LogP contribution is -2.47. The van der Waals surface area contributed by atoms with Crippen molar-refractivity contribution >= 4 is 11.8 Å². The quantitative estimate of drug-likeness (QED) is 0.478. The standard InChI is InChI=1S/C16H33N5S/c17-14(9-8-12-5-2-1-3-6-12)22-16-19-15(20-21-16)13-7-4-10-18-11-13/h12-16,18-21H,1-11,17H2. The molecule has 0 radical (unpaired) electrons. The van der Waals surface area contributed by atoms with Crippen LogP contribution in [0, 0.1) is 11.8 Å². The molecule has 2 aliphatic heterocycles. The van der Waals surface area contributed by atoms with Crippen LogP contribution in [0.25, 0.3) is 0 Å². The van der Waals surface area contributed by atoms with Gasteiger partial charge in [-0.05, 0) is 38.1 Å². The first-order valence-electron chi connectivity index (χ1n) is 9.20. The molecule has 6 heteroatoms. The minimum atomic E-state index is 0.233. The predicted molar refractivity (Wildman–Crippen MR) is 94.0 cm³/mol. The van der Waals surface area contributed by atoms with Crippen LogP contribution in [0.2, 0.25) is 0 Å². The van der Waals surface area contributed by atoms with Crippen molar-refractivity contribution in [2.75, 3.05) is 13.1 Å². The Bertz CT molecular complexity index is 318. The third kappa shape index (κ3) is 5.08. The number of thioether (sulfide) groups is 1. The number of hydrogen-bond acceptors (Lipinski definition) is 6. The summed E-state index contributed by atoms with van der Waals surface area (Å²) in [6.07, 6.45) is 12.6. The summed E-state index contributed by atoms with van der Waals surface area (Å²) >= 11 is 1.84. The molecule has 3 aliphatic rings. The Balaban J connectivity index is 1.32. The lowest BCUT2D eigenvalue weighted by molar-refractivity contribution is 0.281. The average Bonchev–Trinajstić information content (AvgIpc) is 3.03. The maximum Gasteiger partial charge on any atom is 0.121 e. The lowest BCUT2D eigenvalue weighted by Gasteiger charge is -2.28. The summed E-state index contributed by atoms with van der Waals surface area (Å²) in [7, 11) is 0. The van der Waals surface area contributed by atoms with Crippen molar-refractivity contribution < 1.29 is 0 Å². The molecule has 0 aromatic carbocycles. The minimum absolute atomic E-state index is 0.233. The van der Waals surface area contributed by atoms with Gasteiger partial charge in [0.2, 0.25) is 0 Å². The van der Waals surface area contributed by atoms with Crippen molar-refractivity contribution in [1.29, 1.82) is 0 Å². The van der Waals surface area contributed by atoms with Crippen LogP contribution in [-0.2, 0) is 0 Å². The van der Waals surface area contributed by atoms with E-state index in [4.69, 9.17) is 5.73 Å². The molecule has 2 heterocycles. The van der Waals surface area contributed by atoms with Gasteiger partial charge in [0, 0.05) is 12.5 Å². The molecule has 0 aromatic heterocycles. The Morgan fingerprint density at radius 3 is 2.68 bits per heavy atom. The Hall–Kier alpha value is 0.150. The molecule has 1 aliphatic carbocycles. The molecule has 1 saturated carbocycles. The summed E-state index contributed by atoms with van der Waals surface area (Å²) < 4.78 is 0. The highest BCUT2D eigenvalue weighted by atomic mass is 32.2. The molecule has 2 saturated heterocycles. The number of hydrazine groups is 1. The molecule has 0 bridgehead atoms. The zero-order valence-electron chi connectivity index (χ0n) is 13.7. The normalized spacial score (nSPS) is 35.6. The summed E-state index contributed by atoms with van der Waals surface area (Å²) in [4.78, 5) is 0. The third-order valence-corrected chi connectivity index (χ3v) is 6.51. The van der Waals surface area contributed by atoms with Crippen molar-refractivity contribution in [1.82, 2.24) is 21.5 Å². The minimum Gasteiger partial charge on any atom is -0.319 e. The molecular weight excluding hydrogens is 294 g/mol. The number of hydrogen-bond donors (Lipinski definition) is 5. The lowest BCUT2D eigenvalue weighted by atomic mass is 9.86. The smallest absolute Gasteiger partial charge is 0.121 e. The topological polar surface area (TPSA) is 74.1 Å². The number of piperidine rings is 1. The second-order valence-corrected chi connectivity index (χ2v) is 8.52. The summed E-state index contributed by atoms with van der Waals surface area (Å²) in [6.45, 7) is 2.28. The van der Waals surface area contributed by atoms with Crippen molar-refractivity contribution in [2.45, 2.75) is 74.8 Å². The van der Waals surface area contributed by atoms with Crippen molar-refractivity contribution in [3.05, 3.63) is 0 Å². The van der Waals surface area contributed by atoms with E-state index in [1.807, 2.05) is 11.8 Å². The Kier molecular flexibility index (Phi) is 6.83. The van der Waals surface area contributed by atoms with E-state index in [9.17, 15) is 0 Å². The van der Waals surface area contributed by atoms with Crippen molar-refractivity contribution in [3.63, 3.8) is 0 Å². The van der Waals surface area contributed by atoms with Crippen LogP contribution < -0.4 is 27.2 Å². The third-order valence-electron chi connectivity index (χ3n) is 5.40. The number of nitrogens with two attached hydrogens (primary N) is 1. The number of rotatable bonds is 6. The van der Waals surface area contributed by atoms with E-state index in [-0.39, 0.29) is 10.9 Å². The van der Waals surface area contributed by atoms with Crippen LogP contribution in [-0.4, -0.2) is 30.1 Å². The zero-order chi connectivity index (χ0) is 15.2. The predicted octanol–water partition coefficient (Wildman–Crippen LogP) is 1.67. The highest BCUT2D eigenvalue weighted by molar-refractivity contribution is 8.00. The SMILES string of the molecule is NC(CCC1CCCCC1)SC1NNC(C2CCCNC2)N1. The van der Waals surface area contributed by atoms with Gasteiger partial charge in [-0.2, -0.15) is 0 Å². The van der Waals surface area contributed by atoms with Gasteiger partial charge in [0.25, 0.3) is 0 Å². The highest BCUT2D eigenvalue weighted by Crippen LogP contribution is 2.29. The molecule has 4 atom stereocenters. The van der Waals surface area contributed by atoms with E-state index < -0.39 is 0 Å². The van der Waals surface area contributed by atoms with Gasteiger partial charge in [0.05, 0.1) is 11.5 Å². The monoisotopic (exact) mass is 327 g/mol. The maximum absolute atomic E-state index is 6.34. The van der Waals surface area contributed by atoms with E-state index in [1.165, 1.54) is 57.9 Å². The first-order chi connectivity index (χ1) is 10.8. The molecule has 22 heavy (non-hydrogen) atoms. The van der Waals surface area contributed by atoms with E-state index in [0.717, 1.165) is 18.9 Å². The number of nitrogens with one attached hydrogen (secondary N) is 4. The second-order valence-electron chi connectivity index (χ2n) is 7.18. The molecule has 6 N–H and O–H groups in total. The Labute approximate surface area is 139 Å². The molecule has 3 fully saturated rings. The molecular formula is C16H33N5S. The van der Waals surface area contributed by atoms with Crippen LogP contribution >= 0.6 is 11.8 Å². The molecule has 0 spiro atoms. The maximum atomic E-state index is 6.34. The van der Waals surface area contributed by atoms with Crippen LogP contribution in [0.5, 0.6) is 0 Å². The summed E-state index contributed by atoms with van der Waals surface area (Å²) in [5.74, 6) is 1.61. The van der Waals surface area contributed by atoms with Crippen LogP contribution in [0.15, 0.2) is 0 Å². The van der Waals surface area contributed by atoms with E-state index in [2.05, 4.69) is 21.5 Å². The fraction of sp³-hybridized carbons (Fsp3) is 1.00. The average molecular weight is 328 g/mol. The molecule has 0 aromatic rings. The molecule has 3 rings (SSSR count). The van der Waals surface area contributed by atoms with Crippen LogP contribution in [0.1, 0.15) is 57.8 Å². The summed E-state index contributed by atoms with van der Waals surface area (Å²) in [5, 5.41) is 7.37. The molecule has 4 unspecified atom stereocenters. The van der Waals surface area contributed by atoms with E-state index in [1.54, 1.807) is 0 Å². The van der Waals surface area contributed by atoms with Crippen LogP contribution in [0.3, 0.4) is 0 Å². The second kappa shape index (κ2) is 8.85. The van der Waals surface area contributed by atoms with Gasteiger partial charge in [-0.25, -0.2) is 10.9 Å². The first kappa shape index (κ1) is 17.0. The first-order valence-corrected chi connectivity index (χ1v) is 10.1. The fourth-order valence-corrected chi connectivity index (χ4v) is 5.00. The van der Waals surface area contributed by atoms with Gasteiger partial charge in [-0.15, -0.1) is 11.8 Å². The van der Waals surface area contributed by atoms with Gasteiger partial charge in [-0.3, -0.25) is 5.32 Å². The Morgan fingerprint density at radius 1 is 1.05 bits per heavy atom. The zero-order valence-corrected chi connectivity index (χ0v) is 14.5.